The summed E-state index contributed by atoms with van der Waals surface area (Å²) < 4.78 is 7.32. The van der Waals surface area contributed by atoms with Crippen LogP contribution >= 0.6 is 23.4 Å². The number of furan rings is 1. The van der Waals surface area contributed by atoms with Crippen molar-refractivity contribution in [3.63, 3.8) is 0 Å². The van der Waals surface area contributed by atoms with Crippen molar-refractivity contribution in [2.24, 2.45) is 12.1 Å². The Hall–Kier alpha value is -3.17. The highest BCUT2D eigenvalue weighted by Gasteiger charge is 2.37. The number of rotatable bonds is 5. The normalized spacial score (nSPS) is 17.0. The van der Waals surface area contributed by atoms with Gasteiger partial charge in [-0.15, -0.1) is 0 Å². The molecule has 8 nitrogen and oxygen atoms in total. The number of aryl methyl sites for hydroxylation is 1. The van der Waals surface area contributed by atoms with E-state index in [-0.39, 0.29) is 11.9 Å². The number of halogens is 1. The minimum Gasteiger partial charge on any atom is -0.467 e. The number of carbonyl (C=O) groups excluding carboxylic acids is 1. The Balaban J connectivity index is 1.44. The molecule has 5 rings (SSSR count). The molecule has 1 aliphatic heterocycles. The Labute approximate surface area is 193 Å². The van der Waals surface area contributed by atoms with E-state index >= 15 is 0 Å². The van der Waals surface area contributed by atoms with Gasteiger partial charge in [-0.1, -0.05) is 35.5 Å². The Bertz CT molecular complexity index is 1300. The van der Waals surface area contributed by atoms with Gasteiger partial charge in [0, 0.05) is 18.5 Å². The first-order valence-electron chi connectivity index (χ1n) is 10.0. The molecule has 3 aromatic heterocycles. The van der Waals surface area contributed by atoms with E-state index in [0.29, 0.717) is 22.2 Å². The van der Waals surface area contributed by atoms with Crippen molar-refractivity contribution in [1.82, 2.24) is 24.8 Å². The second kappa shape index (κ2) is 8.40. The van der Waals surface area contributed by atoms with Crippen molar-refractivity contribution in [1.29, 1.82) is 0 Å². The fourth-order valence-electron chi connectivity index (χ4n) is 3.67. The Kier molecular flexibility index (Phi) is 5.44. The summed E-state index contributed by atoms with van der Waals surface area (Å²) in [5, 5.41) is 12.2. The molecule has 1 aliphatic rings. The van der Waals surface area contributed by atoms with Crippen LogP contribution in [0.2, 0.25) is 5.02 Å². The van der Waals surface area contributed by atoms with Gasteiger partial charge < -0.3 is 4.42 Å². The van der Waals surface area contributed by atoms with Crippen LogP contribution in [0.4, 0.5) is 0 Å². The maximum absolute atomic E-state index is 13.5. The minimum absolute atomic E-state index is 0.129. The van der Waals surface area contributed by atoms with Crippen LogP contribution in [0.5, 0.6) is 0 Å². The predicted molar refractivity (Wildman–Crippen MR) is 123 cm³/mol. The van der Waals surface area contributed by atoms with E-state index in [1.165, 1.54) is 23.1 Å². The molecule has 0 saturated heterocycles. The van der Waals surface area contributed by atoms with Gasteiger partial charge in [0.25, 0.3) is 5.91 Å². The first-order chi connectivity index (χ1) is 15.5. The van der Waals surface area contributed by atoms with Gasteiger partial charge in [-0.25, -0.2) is 15.0 Å². The molecule has 162 valence electrons. The van der Waals surface area contributed by atoms with Gasteiger partial charge in [-0.3, -0.25) is 9.48 Å². The lowest BCUT2D eigenvalue weighted by molar-refractivity contribution is -0.132. The molecule has 0 saturated carbocycles. The third-order valence-corrected chi connectivity index (χ3v) is 6.67. The number of hydrazone groups is 1. The van der Waals surface area contributed by atoms with Crippen LogP contribution in [0.15, 0.2) is 69.7 Å². The maximum Gasteiger partial charge on any atom is 0.256 e. The second-order valence-electron chi connectivity index (χ2n) is 7.42. The van der Waals surface area contributed by atoms with Crippen LogP contribution < -0.4 is 0 Å². The van der Waals surface area contributed by atoms with Crippen LogP contribution in [-0.4, -0.2) is 41.6 Å². The van der Waals surface area contributed by atoms with Crippen LogP contribution in [0.1, 0.15) is 30.7 Å². The summed E-state index contributed by atoms with van der Waals surface area (Å²) in [6.45, 7) is 1.85. The molecule has 1 amide bonds. The summed E-state index contributed by atoms with van der Waals surface area (Å²) in [5.41, 5.74) is 2.46. The van der Waals surface area contributed by atoms with E-state index in [4.69, 9.17) is 16.0 Å². The van der Waals surface area contributed by atoms with Crippen molar-refractivity contribution in [3.05, 3.63) is 71.5 Å². The third-order valence-electron chi connectivity index (χ3n) is 5.31. The zero-order valence-electron chi connectivity index (χ0n) is 17.3. The highest BCUT2D eigenvalue weighted by molar-refractivity contribution is 8.00. The van der Waals surface area contributed by atoms with E-state index in [0.717, 1.165) is 22.3 Å². The molecule has 0 aliphatic carbocycles. The number of benzene rings is 1. The SMILES string of the molecule is C[C@H](Sc1ncnc2c1cnn2C)C(=O)N1N=C(c2ccc(Cl)cc2)C[C@H]1c1ccco1. The van der Waals surface area contributed by atoms with Crippen molar-refractivity contribution in [2.45, 2.75) is 29.7 Å². The molecule has 0 N–H and O–H groups in total. The highest BCUT2D eigenvalue weighted by Crippen LogP contribution is 2.36. The minimum atomic E-state index is -0.431. The van der Waals surface area contributed by atoms with Crippen molar-refractivity contribution < 1.29 is 9.21 Å². The molecular weight excluding hydrogens is 448 g/mol. The largest absolute Gasteiger partial charge is 0.467 e. The van der Waals surface area contributed by atoms with E-state index in [9.17, 15) is 4.79 Å². The van der Waals surface area contributed by atoms with Gasteiger partial charge in [-0.2, -0.15) is 10.2 Å². The van der Waals surface area contributed by atoms with E-state index in [1.807, 2.05) is 50.4 Å². The third kappa shape index (κ3) is 3.78. The quantitative estimate of drug-likeness (QED) is 0.318. The maximum atomic E-state index is 13.5. The lowest BCUT2D eigenvalue weighted by Crippen LogP contribution is -2.33. The molecule has 4 aromatic rings. The molecule has 10 heteroatoms. The van der Waals surface area contributed by atoms with Gasteiger partial charge in [0.05, 0.1) is 28.8 Å². The Morgan fingerprint density at radius 1 is 1.25 bits per heavy atom. The molecule has 0 bridgehead atoms. The summed E-state index contributed by atoms with van der Waals surface area (Å²) in [6.07, 6.45) is 5.37. The Morgan fingerprint density at radius 3 is 2.81 bits per heavy atom. The standard InChI is InChI=1S/C22H19ClN6O2S/c1-13(32-21-16-11-26-28(2)20(16)24-12-25-21)22(30)29-18(19-4-3-9-31-19)10-17(27-29)14-5-7-15(23)8-6-14/h3-9,11-13,18H,10H2,1-2H3/t13-,18-/m0/s1. The molecular formula is C22H19ClN6O2S. The lowest BCUT2D eigenvalue weighted by Gasteiger charge is -2.22. The number of carbonyl (C=O) groups is 1. The average molecular weight is 467 g/mol. The topological polar surface area (TPSA) is 89.4 Å². The summed E-state index contributed by atoms with van der Waals surface area (Å²) in [5.74, 6) is 0.566. The van der Waals surface area contributed by atoms with Gasteiger partial charge in [0.15, 0.2) is 5.65 Å². The summed E-state index contributed by atoms with van der Waals surface area (Å²) in [6, 6.07) is 10.8. The molecule has 0 fully saturated rings. The molecule has 0 radical (unpaired) electrons. The number of hydrogen-bond acceptors (Lipinski definition) is 7. The monoisotopic (exact) mass is 466 g/mol. The molecule has 0 unspecified atom stereocenters. The molecule has 32 heavy (non-hydrogen) atoms. The van der Waals surface area contributed by atoms with Crippen molar-refractivity contribution in [3.8, 4) is 0 Å². The zero-order chi connectivity index (χ0) is 22.2. The van der Waals surface area contributed by atoms with Gasteiger partial charge in [0.1, 0.15) is 23.2 Å². The number of hydrogen-bond donors (Lipinski definition) is 0. The fourth-order valence-corrected chi connectivity index (χ4v) is 4.72. The first-order valence-corrected chi connectivity index (χ1v) is 11.3. The molecule has 4 heterocycles. The molecule has 2 atom stereocenters. The number of thioether (sulfide) groups is 1. The number of fused-ring (bicyclic) bond motifs is 1. The smallest absolute Gasteiger partial charge is 0.256 e. The van der Waals surface area contributed by atoms with Crippen LogP contribution in [0.3, 0.4) is 0 Å². The van der Waals surface area contributed by atoms with Gasteiger partial charge >= 0.3 is 0 Å². The van der Waals surface area contributed by atoms with E-state index < -0.39 is 5.25 Å². The lowest BCUT2D eigenvalue weighted by atomic mass is 10.0. The highest BCUT2D eigenvalue weighted by atomic mass is 35.5. The van der Waals surface area contributed by atoms with Crippen LogP contribution in [0.25, 0.3) is 11.0 Å². The number of nitrogens with zero attached hydrogens (tertiary/aromatic N) is 6. The van der Waals surface area contributed by atoms with Crippen LogP contribution in [-0.2, 0) is 11.8 Å². The summed E-state index contributed by atoms with van der Waals surface area (Å²) in [4.78, 5) is 22.1. The summed E-state index contributed by atoms with van der Waals surface area (Å²) in [7, 11) is 1.82. The molecule has 0 spiro atoms. The van der Waals surface area contributed by atoms with E-state index in [1.54, 1.807) is 17.1 Å². The predicted octanol–water partition coefficient (Wildman–Crippen LogP) is 4.47. The number of aromatic nitrogens is 4. The summed E-state index contributed by atoms with van der Waals surface area (Å²) >= 11 is 7.40. The van der Waals surface area contributed by atoms with Gasteiger partial charge in [-0.05, 0) is 36.8 Å². The fraction of sp³-hybridized carbons (Fsp3) is 0.227. The van der Waals surface area contributed by atoms with Crippen molar-refractivity contribution in [2.75, 3.05) is 0 Å². The zero-order valence-corrected chi connectivity index (χ0v) is 18.9. The van der Waals surface area contributed by atoms with Crippen LogP contribution in [0, 0.1) is 0 Å². The van der Waals surface area contributed by atoms with E-state index in [2.05, 4.69) is 20.2 Å². The second-order valence-corrected chi connectivity index (χ2v) is 9.18. The Morgan fingerprint density at radius 2 is 2.06 bits per heavy atom. The van der Waals surface area contributed by atoms with Crippen molar-refractivity contribution >= 4 is 46.0 Å². The average Bonchev–Trinajstić information content (AvgIpc) is 3.54. The van der Waals surface area contributed by atoms with Gasteiger partial charge in [0.2, 0.25) is 0 Å². The first kappa shape index (κ1) is 20.7. The molecule has 1 aromatic carbocycles. The number of amides is 1.